The minimum atomic E-state index is 0.177. The normalized spacial score (nSPS) is 19.1. The van der Waals surface area contributed by atoms with Gasteiger partial charge in [-0.05, 0) is 57.0 Å². The number of phenolic OH excluding ortho intramolecular Hbond substituents is 1. The van der Waals surface area contributed by atoms with Gasteiger partial charge in [-0.1, -0.05) is 12.1 Å². The number of amides is 1. The molecule has 1 aromatic rings. The number of nitrogens with one attached hydrogen (secondary N) is 1. The first-order valence-corrected chi connectivity index (χ1v) is 7.42. The first-order valence-electron chi connectivity index (χ1n) is 7.42. The minimum absolute atomic E-state index is 0.177. The van der Waals surface area contributed by atoms with Crippen LogP contribution >= 0.6 is 0 Å². The number of rotatable bonds is 5. The number of carbonyl (C=O) groups excluding carboxylic acids is 1. The molecule has 0 spiro atoms. The molecule has 20 heavy (non-hydrogen) atoms. The monoisotopic (exact) mass is 276 g/mol. The number of aromatic hydroxyl groups is 1. The molecular weight excluding hydrogens is 252 g/mol. The van der Waals surface area contributed by atoms with Gasteiger partial charge in [0.1, 0.15) is 5.75 Å². The highest BCUT2D eigenvalue weighted by molar-refractivity contribution is 5.79. The van der Waals surface area contributed by atoms with Crippen LogP contribution in [0.15, 0.2) is 24.3 Å². The van der Waals surface area contributed by atoms with Crippen molar-refractivity contribution in [2.24, 2.45) is 0 Å². The van der Waals surface area contributed by atoms with E-state index in [4.69, 9.17) is 0 Å². The van der Waals surface area contributed by atoms with Gasteiger partial charge in [0.2, 0.25) is 5.91 Å². The van der Waals surface area contributed by atoms with Crippen LogP contribution in [0.4, 0.5) is 0 Å². The van der Waals surface area contributed by atoms with Crippen LogP contribution < -0.4 is 5.32 Å². The molecule has 1 atom stereocenters. The summed E-state index contributed by atoms with van der Waals surface area (Å²) in [6.45, 7) is 1.81. The van der Waals surface area contributed by atoms with E-state index in [2.05, 4.69) is 5.32 Å². The Kier molecular flexibility index (Phi) is 5.41. The van der Waals surface area contributed by atoms with Gasteiger partial charge in [0.05, 0.1) is 6.42 Å². The van der Waals surface area contributed by atoms with Crippen molar-refractivity contribution in [3.63, 3.8) is 0 Å². The van der Waals surface area contributed by atoms with Crippen LogP contribution in [0, 0.1) is 0 Å². The summed E-state index contributed by atoms with van der Waals surface area (Å²) >= 11 is 0. The molecule has 0 aliphatic carbocycles. The third-order valence-corrected chi connectivity index (χ3v) is 3.94. The third-order valence-electron chi connectivity index (χ3n) is 3.94. The molecular formula is C16H24N2O2. The van der Waals surface area contributed by atoms with Crippen LogP contribution in [0.3, 0.4) is 0 Å². The van der Waals surface area contributed by atoms with Crippen molar-refractivity contribution in [3.8, 4) is 5.75 Å². The number of likely N-dealkylation sites (tertiary alicyclic amines) is 1. The van der Waals surface area contributed by atoms with Gasteiger partial charge in [-0.15, -0.1) is 0 Å². The van der Waals surface area contributed by atoms with Gasteiger partial charge >= 0.3 is 0 Å². The number of hydrogen-bond acceptors (Lipinski definition) is 3. The van der Waals surface area contributed by atoms with E-state index in [1.807, 2.05) is 18.0 Å². The van der Waals surface area contributed by atoms with Gasteiger partial charge in [0, 0.05) is 12.6 Å². The average molecular weight is 276 g/mol. The van der Waals surface area contributed by atoms with E-state index < -0.39 is 0 Å². The standard InChI is InChI=1S/C16H24N2O2/c1-17-9-8-14-6-2-3-10-18(14)16(20)12-13-5-4-7-15(19)11-13/h4-5,7,11,14,17,19H,2-3,6,8-10,12H2,1H3. The third kappa shape index (κ3) is 3.97. The SMILES string of the molecule is CNCCC1CCCCN1C(=O)Cc1cccc(O)c1. The Morgan fingerprint density at radius 3 is 3.05 bits per heavy atom. The molecule has 4 heteroatoms. The Balaban J connectivity index is 1.98. The topological polar surface area (TPSA) is 52.6 Å². The molecule has 1 fully saturated rings. The fraction of sp³-hybridized carbons (Fsp3) is 0.562. The summed E-state index contributed by atoms with van der Waals surface area (Å²) in [7, 11) is 1.95. The molecule has 0 aromatic heterocycles. The van der Waals surface area contributed by atoms with Crippen LogP contribution in [0.1, 0.15) is 31.2 Å². The number of nitrogens with zero attached hydrogens (tertiary/aromatic N) is 1. The number of carbonyl (C=O) groups is 1. The largest absolute Gasteiger partial charge is 0.508 e. The molecule has 4 nitrogen and oxygen atoms in total. The van der Waals surface area contributed by atoms with Gasteiger partial charge in [0.15, 0.2) is 0 Å². The van der Waals surface area contributed by atoms with Crippen molar-refractivity contribution in [2.45, 2.75) is 38.1 Å². The van der Waals surface area contributed by atoms with Crippen molar-refractivity contribution < 1.29 is 9.90 Å². The van der Waals surface area contributed by atoms with Crippen LogP contribution in [-0.2, 0) is 11.2 Å². The highest BCUT2D eigenvalue weighted by Crippen LogP contribution is 2.21. The van der Waals surface area contributed by atoms with E-state index >= 15 is 0 Å². The molecule has 1 unspecified atom stereocenters. The summed E-state index contributed by atoms with van der Waals surface area (Å²) in [4.78, 5) is 14.5. The summed E-state index contributed by atoms with van der Waals surface area (Å²) in [5.74, 6) is 0.400. The molecule has 0 saturated carbocycles. The van der Waals surface area contributed by atoms with E-state index in [1.165, 1.54) is 6.42 Å². The van der Waals surface area contributed by atoms with Gasteiger partial charge in [0.25, 0.3) is 0 Å². The van der Waals surface area contributed by atoms with E-state index in [0.29, 0.717) is 12.5 Å². The molecule has 1 saturated heterocycles. The van der Waals surface area contributed by atoms with Crippen molar-refractivity contribution in [1.29, 1.82) is 0 Å². The highest BCUT2D eigenvalue weighted by atomic mass is 16.3. The Morgan fingerprint density at radius 1 is 1.45 bits per heavy atom. The summed E-state index contributed by atoms with van der Waals surface area (Å²) < 4.78 is 0. The van der Waals surface area contributed by atoms with Crippen LogP contribution in [0.5, 0.6) is 5.75 Å². The zero-order valence-electron chi connectivity index (χ0n) is 12.1. The second-order valence-electron chi connectivity index (χ2n) is 5.48. The van der Waals surface area contributed by atoms with Crippen LogP contribution in [0.2, 0.25) is 0 Å². The maximum absolute atomic E-state index is 12.5. The molecule has 1 aromatic carbocycles. The molecule has 1 aliphatic heterocycles. The van der Waals surface area contributed by atoms with E-state index in [-0.39, 0.29) is 11.7 Å². The van der Waals surface area contributed by atoms with E-state index in [1.54, 1.807) is 18.2 Å². The summed E-state index contributed by atoms with van der Waals surface area (Å²) in [5.41, 5.74) is 0.882. The quantitative estimate of drug-likeness (QED) is 0.864. The zero-order chi connectivity index (χ0) is 14.4. The first-order chi connectivity index (χ1) is 9.70. The van der Waals surface area contributed by atoms with Gasteiger partial charge in [-0.2, -0.15) is 0 Å². The molecule has 0 radical (unpaired) electrons. The molecule has 1 heterocycles. The number of benzene rings is 1. The van der Waals surface area contributed by atoms with Crippen molar-refractivity contribution in [1.82, 2.24) is 10.2 Å². The second kappa shape index (κ2) is 7.29. The smallest absolute Gasteiger partial charge is 0.227 e. The molecule has 1 aliphatic rings. The maximum Gasteiger partial charge on any atom is 0.227 e. The van der Waals surface area contributed by atoms with E-state index in [9.17, 15) is 9.90 Å². The average Bonchev–Trinajstić information content (AvgIpc) is 2.45. The van der Waals surface area contributed by atoms with Crippen molar-refractivity contribution in [3.05, 3.63) is 29.8 Å². The van der Waals surface area contributed by atoms with Gasteiger partial charge < -0.3 is 15.3 Å². The lowest BCUT2D eigenvalue weighted by Crippen LogP contribution is -2.45. The maximum atomic E-state index is 12.5. The lowest BCUT2D eigenvalue weighted by atomic mass is 9.98. The Bertz CT molecular complexity index is 448. The second-order valence-corrected chi connectivity index (χ2v) is 5.48. The Hall–Kier alpha value is -1.55. The molecule has 2 N–H and O–H groups in total. The van der Waals surface area contributed by atoms with Gasteiger partial charge in [-0.3, -0.25) is 4.79 Å². The fourth-order valence-corrected chi connectivity index (χ4v) is 2.88. The molecule has 2 rings (SSSR count). The summed E-state index contributed by atoms with van der Waals surface area (Å²) in [6.07, 6.45) is 4.81. The molecule has 1 amide bonds. The number of phenols is 1. The summed E-state index contributed by atoms with van der Waals surface area (Å²) in [6, 6.07) is 7.34. The van der Waals surface area contributed by atoms with Crippen LogP contribution in [0.25, 0.3) is 0 Å². The van der Waals surface area contributed by atoms with Crippen molar-refractivity contribution in [2.75, 3.05) is 20.1 Å². The zero-order valence-corrected chi connectivity index (χ0v) is 12.1. The Morgan fingerprint density at radius 2 is 2.30 bits per heavy atom. The lowest BCUT2D eigenvalue weighted by molar-refractivity contribution is -0.134. The van der Waals surface area contributed by atoms with Crippen LogP contribution in [-0.4, -0.2) is 42.1 Å². The highest BCUT2D eigenvalue weighted by Gasteiger charge is 2.26. The van der Waals surface area contributed by atoms with Crippen molar-refractivity contribution >= 4 is 5.91 Å². The molecule has 0 bridgehead atoms. The number of piperidine rings is 1. The summed E-state index contributed by atoms with van der Waals surface area (Å²) in [5, 5.41) is 12.6. The number of hydrogen-bond donors (Lipinski definition) is 2. The lowest BCUT2D eigenvalue weighted by Gasteiger charge is -2.36. The molecule has 110 valence electrons. The fourth-order valence-electron chi connectivity index (χ4n) is 2.88. The van der Waals surface area contributed by atoms with E-state index in [0.717, 1.165) is 37.9 Å². The predicted molar refractivity (Wildman–Crippen MR) is 79.7 cm³/mol. The Labute approximate surface area is 120 Å². The first kappa shape index (κ1) is 14.9. The predicted octanol–water partition coefficient (Wildman–Crippen LogP) is 1.93. The minimum Gasteiger partial charge on any atom is -0.508 e. The van der Waals surface area contributed by atoms with Gasteiger partial charge in [-0.25, -0.2) is 0 Å².